The molecule has 0 radical (unpaired) electrons. The van der Waals surface area contributed by atoms with Gasteiger partial charge in [0.05, 0.1) is 11.1 Å². The molecule has 0 saturated heterocycles. The summed E-state index contributed by atoms with van der Waals surface area (Å²) in [6.07, 6.45) is 2.64. The van der Waals surface area contributed by atoms with Crippen molar-refractivity contribution >= 4 is 11.3 Å². The van der Waals surface area contributed by atoms with Crippen molar-refractivity contribution in [2.24, 2.45) is 5.41 Å². The van der Waals surface area contributed by atoms with E-state index >= 15 is 0 Å². The largest absolute Gasteiger partial charge is 0.392 e. The molecule has 1 saturated carbocycles. The molecule has 1 aliphatic carbocycles. The number of aliphatic hydroxyl groups is 1. The monoisotopic (exact) mass is 226 g/mol. The molecule has 2 N–H and O–H groups in total. The molecule has 0 bridgehead atoms. The first-order chi connectivity index (χ1) is 7.00. The third kappa shape index (κ3) is 2.07. The lowest BCUT2D eigenvalue weighted by Gasteiger charge is -2.49. The van der Waals surface area contributed by atoms with Gasteiger partial charge in [0.15, 0.2) is 0 Å². The Morgan fingerprint density at radius 3 is 2.87 bits per heavy atom. The summed E-state index contributed by atoms with van der Waals surface area (Å²) in [5, 5.41) is 14.2. The van der Waals surface area contributed by atoms with Crippen molar-refractivity contribution in [3.63, 3.8) is 0 Å². The number of hydrogen-bond acceptors (Lipinski definition) is 4. The molecule has 0 amide bonds. The maximum Gasteiger partial charge on any atom is 0.0897 e. The Balaban J connectivity index is 1.85. The highest BCUT2D eigenvalue weighted by Crippen LogP contribution is 2.40. The molecule has 0 spiro atoms. The van der Waals surface area contributed by atoms with Crippen LogP contribution in [0.3, 0.4) is 0 Å². The second kappa shape index (κ2) is 3.85. The Hall–Kier alpha value is -0.450. The Kier molecular flexibility index (Phi) is 2.83. The molecule has 2 atom stereocenters. The third-order valence-corrected chi connectivity index (χ3v) is 4.32. The second-order valence-corrected chi connectivity index (χ2v) is 6.17. The summed E-state index contributed by atoms with van der Waals surface area (Å²) < 4.78 is 0. The lowest BCUT2D eigenvalue weighted by Crippen LogP contribution is -2.59. The zero-order chi connectivity index (χ0) is 11.1. The highest BCUT2D eigenvalue weighted by Gasteiger charge is 2.46. The number of aromatic nitrogens is 1. The molecule has 1 aromatic heterocycles. The number of rotatable bonds is 3. The van der Waals surface area contributed by atoms with E-state index in [-0.39, 0.29) is 11.5 Å². The van der Waals surface area contributed by atoms with Crippen molar-refractivity contribution < 1.29 is 5.11 Å². The molecule has 1 heterocycles. The zero-order valence-corrected chi connectivity index (χ0v) is 10.3. The lowest BCUT2D eigenvalue weighted by molar-refractivity contribution is -0.0729. The topological polar surface area (TPSA) is 45.2 Å². The second-order valence-electron chi connectivity index (χ2n) is 4.85. The van der Waals surface area contributed by atoms with E-state index < -0.39 is 0 Å². The first-order valence-electron chi connectivity index (χ1n) is 5.33. The molecule has 2 rings (SSSR count). The normalized spacial score (nSPS) is 28.8. The van der Waals surface area contributed by atoms with Gasteiger partial charge in [0.25, 0.3) is 0 Å². The van der Waals surface area contributed by atoms with E-state index in [4.69, 9.17) is 0 Å². The molecular formula is C11H18N2OS. The van der Waals surface area contributed by atoms with Crippen LogP contribution in [-0.4, -0.2) is 22.2 Å². The average molecular weight is 226 g/mol. The molecule has 3 nitrogen and oxygen atoms in total. The highest BCUT2D eigenvalue weighted by atomic mass is 32.1. The molecule has 15 heavy (non-hydrogen) atoms. The van der Waals surface area contributed by atoms with Crippen molar-refractivity contribution in [2.45, 2.75) is 45.9 Å². The number of hydrogen-bond donors (Lipinski definition) is 2. The third-order valence-electron chi connectivity index (χ3n) is 3.41. The fourth-order valence-electron chi connectivity index (χ4n) is 1.96. The Morgan fingerprint density at radius 1 is 1.67 bits per heavy atom. The number of aliphatic hydroxyl groups excluding tert-OH is 1. The number of nitrogens with zero attached hydrogens (tertiary/aromatic N) is 1. The summed E-state index contributed by atoms with van der Waals surface area (Å²) in [5.74, 6) is 0. The van der Waals surface area contributed by atoms with Crippen LogP contribution >= 0.6 is 11.3 Å². The lowest BCUT2D eigenvalue weighted by atomic mass is 9.64. The standard InChI is InChI=1S/C11H18N2OS/c1-7-12-5-8(15-7)6-13-9-4-10(14)11(9,2)3/h5,9-10,13-14H,4,6H2,1-3H3. The fourth-order valence-corrected chi connectivity index (χ4v) is 2.71. The molecule has 1 fully saturated rings. The van der Waals surface area contributed by atoms with Gasteiger partial charge in [-0.15, -0.1) is 11.3 Å². The van der Waals surface area contributed by atoms with Crippen LogP contribution in [0.1, 0.15) is 30.2 Å². The number of thiazole rings is 1. The van der Waals surface area contributed by atoms with Crippen LogP contribution in [0.5, 0.6) is 0 Å². The van der Waals surface area contributed by atoms with E-state index in [0.717, 1.165) is 18.0 Å². The molecule has 1 aliphatic rings. The van der Waals surface area contributed by atoms with Gasteiger partial charge in [0, 0.05) is 29.1 Å². The Bertz CT molecular complexity index is 348. The van der Waals surface area contributed by atoms with Crippen LogP contribution in [0.2, 0.25) is 0 Å². The zero-order valence-electron chi connectivity index (χ0n) is 9.45. The van der Waals surface area contributed by atoms with E-state index in [2.05, 4.69) is 24.1 Å². The van der Waals surface area contributed by atoms with Gasteiger partial charge < -0.3 is 10.4 Å². The number of nitrogens with one attached hydrogen (secondary N) is 1. The van der Waals surface area contributed by atoms with E-state index in [0.29, 0.717) is 6.04 Å². The van der Waals surface area contributed by atoms with Crippen LogP contribution in [0.15, 0.2) is 6.20 Å². The van der Waals surface area contributed by atoms with Gasteiger partial charge in [0.2, 0.25) is 0 Å². The summed E-state index contributed by atoms with van der Waals surface area (Å²) in [4.78, 5) is 5.49. The van der Waals surface area contributed by atoms with Crippen LogP contribution in [-0.2, 0) is 6.54 Å². The summed E-state index contributed by atoms with van der Waals surface area (Å²) in [7, 11) is 0. The molecule has 0 aliphatic heterocycles. The molecule has 1 aromatic rings. The summed E-state index contributed by atoms with van der Waals surface area (Å²) in [5.41, 5.74) is 0.0136. The van der Waals surface area contributed by atoms with Crippen LogP contribution in [0, 0.1) is 12.3 Å². The van der Waals surface area contributed by atoms with E-state index in [1.165, 1.54) is 4.88 Å². The van der Waals surface area contributed by atoms with Gasteiger partial charge in [-0.1, -0.05) is 13.8 Å². The maximum atomic E-state index is 9.60. The molecular weight excluding hydrogens is 208 g/mol. The molecule has 2 unspecified atom stereocenters. The van der Waals surface area contributed by atoms with Gasteiger partial charge in [-0.2, -0.15) is 0 Å². The first kappa shape index (κ1) is 11.0. The summed E-state index contributed by atoms with van der Waals surface area (Å²) in [6, 6.07) is 0.426. The van der Waals surface area contributed by atoms with Crippen molar-refractivity contribution in [3.05, 3.63) is 16.1 Å². The SMILES string of the molecule is Cc1ncc(CNC2CC(O)C2(C)C)s1. The summed E-state index contributed by atoms with van der Waals surface area (Å²) in [6.45, 7) is 7.10. The van der Waals surface area contributed by atoms with Crippen molar-refractivity contribution in [1.29, 1.82) is 0 Å². The van der Waals surface area contributed by atoms with Crippen molar-refractivity contribution in [1.82, 2.24) is 10.3 Å². The minimum absolute atomic E-state index is 0.0136. The van der Waals surface area contributed by atoms with Gasteiger partial charge in [0.1, 0.15) is 0 Å². The van der Waals surface area contributed by atoms with E-state index in [9.17, 15) is 5.11 Å². The van der Waals surface area contributed by atoms with Gasteiger partial charge in [-0.3, -0.25) is 0 Å². The fraction of sp³-hybridized carbons (Fsp3) is 0.727. The van der Waals surface area contributed by atoms with Gasteiger partial charge in [-0.05, 0) is 13.3 Å². The molecule has 4 heteroatoms. The maximum absolute atomic E-state index is 9.60. The van der Waals surface area contributed by atoms with Crippen molar-refractivity contribution in [3.8, 4) is 0 Å². The smallest absolute Gasteiger partial charge is 0.0897 e. The minimum Gasteiger partial charge on any atom is -0.392 e. The number of aryl methyl sites for hydroxylation is 1. The quantitative estimate of drug-likeness (QED) is 0.824. The van der Waals surface area contributed by atoms with Crippen LogP contribution in [0.4, 0.5) is 0 Å². The van der Waals surface area contributed by atoms with Crippen LogP contribution < -0.4 is 5.32 Å². The predicted octanol–water partition coefficient (Wildman–Crippen LogP) is 1.70. The molecule has 0 aromatic carbocycles. The molecule has 84 valence electrons. The minimum atomic E-state index is -0.154. The van der Waals surface area contributed by atoms with E-state index in [1.54, 1.807) is 11.3 Å². The highest BCUT2D eigenvalue weighted by molar-refractivity contribution is 7.11. The Labute approximate surface area is 94.5 Å². The van der Waals surface area contributed by atoms with Crippen molar-refractivity contribution in [2.75, 3.05) is 0 Å². The average Bonchev–Trinajstić information content (AvgIpc) is 2.58. The van der Waals surface area contributed by atoms with Crippen LogP contribution in [0.25, 0.3) is 0 Å². The first-order valence-corrected chi connectivity index (χ1v) is 6.14. The Morgan fingerprint density at radius 2 is 2.40 bits per heavy atom. The van der Waals surface area contributed by atoms with E-state index in [1.807, 2.05) is 13.1 Å². The van der Waals surface area contributed by atoms with Gasteiger partial charge >= 0.3 is 0 Å². The summed E-state index contributed by atoms with van der Waals surface area (Å²) >= 11 is 1.73. The predicted molar refractivity (Wildman–Crippen MR) is 61.9 cm³/mol. The van der Waals surface area contributed by atoms with Gasteiger partial charge in [-0.25, -0.2) is 4.98 Å².